The Morgan fingerprint density at radius 1 is 1.18 bits per heavy atom. The van der Waals surface area contributed by atoms with Gasteiger partial charge in [-0.05, 0) is 12.5 Å². The van der Waals surface area contributed by atoms with E-state index in [1.807, 2.05) is 12.2 Å². The van der Waals surface area contributed by atoms with Gasteiger partial charge >= 0.3 is 0 Å². The normalized spacial score (nSPS) is 10.3. The average molecular weight is 162 g/mol. The highest BCUT2D eigenvalue weighted by Crippen LogP contribution is 2.03. The Balaban J connectivity index is 2.81. The lowest BCUT2D eigenvalue weighted by Crippen LogP contribution is -1.72. The molecule has 0 nitrogen and oxygen atoms in total. The second kappa shape index (κ2) is 4.04. The Hall–Kier alpha value is -0.950. The van der Waals surface area contributed by atoms with Crippen LogP contribution >= 0.6 is 12.2 Å². The predicted octanol–water partition coefficient (Wildman–Crippen LogP) is 3.01. The zero-order valence-corrected chi connectivity index (χ0v) is 7.27. The van der Waals surface area contributed by atoms with E-state index in [-0.39, 0.29) is 0 Å². The molecule has 0 atom stereocenters. The van der Waals surface area contributed by atoms with E-state index in [0.717, 1.165) is 0 Å². The van der Waals surface area contributed by atoms with Crippen molar-refractivity contribution in [2.75, 3.05) is 0 Å². The minimum Gasteiger partial charge on any atom is -0.0887 e. The highest BCUT2D eigenvalue weighted by Gasteiger charge is 1.83. The smallest absolute Gasteiger partial charge is 0.00137 e. The van der Waals surface area contributed by atoms with Gasteiger partial charge < -0.3 is 0 Å². The lowest BCUT2D eigenvalue weighted by Gasteiger charge is -1.92. The van der Waals surface area contributed by atoms with Crippen LogP contribution < -0.4 is 0 Å². The SMILES string of the molecule is Cc1ccc(/C=C/C=S)cc1. The van der Waals surface area contributed by atoms with Gasteiger partial charge in [0.2, 0.25) is 0 Å². The first-order chi connectivity index (χ1) is 5.33. The van der Waals surface area contributed by atoms with Crippen molar-refractivity contribution in [3.63, 3.8) is 0 Å². The van der Waals surface area contributed by atoms with Crippen molar-refractivity contribution >= 4 is 23.7 Å². The van der Waals surface area contributed by atoms with Crippen LogP contribution in [0.1, 0.15) is 11.1 Å². The lowest BCUT2D eigenvalue weighted by molar-refractivity contribution is 1.46. The number of hydrogen-bond donors (Lipinski definition) is 0. The molecule has 0 amide bonds. The number of thiocarbonyl (C=S) groups is 1. The van der Waals surface area contributed by atoms with Crippen molar-refractivity contribution in [2.24, 2.45) is 0 Å². The van der Waals surface area contributed by atoms with Gasteiger partial charge in [-0.1, -0.05) is 54.2 Å². The standard InChI is InChI=1S/C10H10S/c1-9-4-6-10(7-5-9)3-2-8-11/h2-8H,1H3/b3-2+. The quantitative estimate of drug-likeness (QED) is 0.476. The molecule has 0 aliphatic carbocycles. The van der Waals surface area contributed by atoms with E-state index in [0.29, 0.717) is 0 Å². The molecule has 11 heavy (non-hydrogen) atoms. The maximum absolute atomic E-state index is 4.67. The molecule has 0 fully saturated rings. The molecular formula is C10H10S. The minimum absolute atomic E-state index is 1.19. The summed E-state index contributed by atoms with van der Waals surface area (Å²) in [5.41, 5.74) is 2.47. The highest BCUT2D eigenvalue weighted by molar-refractivity contribution is 7.79. The minimum atomic E-state index is 1.19. The highest BCUT2D eigenvalue weighted by atomic mass is 32.1. The fourth-order valence-electron chi connectivity index (χ4n) is 0.828. The van der Waals surface area contributed by atoms with Crippen molar-refractivity contribution in [1.29, 1.82) is 0 Å². The molecule has 0 aromatic heterocycles. The summed E-state index contributed by atoms with van der Waals surface area (Å²) in [6.07, 6.45) is 3.85. The summed E-state index contributed by atoms with van der Waals surface area (Å²) in [5.74, 6) is 0. The Morgan fingerprint density at radius 2 is 1.82 bits per heavy atom. The van der Waals surface area contributed by atoms with Crippen LogP contribution in [0.3, 0.4) is 0 Å². The maximum atomic E-state index is 4.67. The van der Waals surface area contributed by atoms with E-state index < -0.39 is 0 Å². The Morgan fingerprint density at radius 3 is 2.36 bits per heavy atom. The Labute approximate surface area is 72.6 Å². The molecule has 1 aromatic rings. The third-order valence-corrected chi connectivity index (χ3v) is 1.60. The molecule has 0 radical (unpaired) electrons. The van der Waals surface area contributed by atoms with Crippen LogP contribution in [-0.2, 0) is 0 Å². The van der Waals surface area contributed by atoms with Crippen molar-refractivity contribution in [1.82, 2.24) is 0 Å². The molecule has 0 bridgehead atoms. The summed E-state index contributed by atoms with van der Waals surface area (Å²) in [4.78, 5) is 0. The number of benzene rings is 1. The van der Waals surface area contributed by atoms with Gasteiger partial charge in [0.05, 0.1) is 0 Å². The molecule has 1 aromatic carbocycles. The molecule has 0 aliphatic rings. The largest absolute Gasteiger partial charge is 0.0887 e. The third-order valence-electron chi connectivity index (χ3n) is 1.44. The Kier molecular flexibility index (Phi) is 2.99. The molecule has 0 saturated heterocycles. The topological polar surface area (TPSA) is 0 Å². The fraction of sp³-hybridized carbons (Fsp3) is 0.100. The van der Waals surface area contributed by atoms with Crippen LogP contribution in [0.15, 0.2) is 30.3 Å². The van der Waals surface area contributed by atoms with Crippen LogP contribution in [0.25, 0.3) is 6.08 Å². The molecule has 0 aliphatic heterocycles. The number of hydrogen-bond acceptors (Lipinski definition) is 1. The van der Waals surface area contributed by atoms with Crippen LogP contribution in [0, 0.1) is 6.92 Å². The first-order valence-electron chi connectivity index (χ1n) is 3.51. The predicted molar refractivity (Wildman–Crippen MR) is 53.9 cm³/mol. The summed E-state index contributed by atoms with van der Waals surface area (Å²) in [5, 5.41) is 1.61. The second-order valence-electron chi connectivity index (χ2n) is 2.41. The first kappa shape index (κ1) is 8.15. The van der Waals surface area contributed by atoms with Crippen molar-refractivity contribution in [3.8, 4) is 0 Å². The van der Waals surface area contributed by atoms with E-state index >= 15 is 0 Å². The summed E-state index contributed by atoms with van der Waals surface area (Å²) < 4.78 is 0. The fourth-order valence-corrected chi connectivity index (χ4v) is 0.907. The summed E-state index contributed by atoms with van der Waals surface area (Å²) >= 11 is 4.67. The van der Waals surface area contributed by atoms with Crippen LogP contribution in [0.4, 0.5) is 0 Å². The van der Waals surface area contributed by atoms with Gasteiger partial charge in [0.15, 0.2) is 0 Å². The van der Waals surface area contributed by atoms with E-state index in [2.05, 4.69) is 43.4 Å². The maximum Gasteiger partial charge on any atom is 0.00137 e. The van der Waals surface area contributed by atoms with Gasteiger partial charge in [-0.15, -0.1) is 0 Å². The van der Waals surface area contributed by atoms with Gasteiger partial charge in [0.25, 0.3) is 0 Å². The van der Waals surface area contributed by atoms with Gasteiger partial charge in [0, 0.05) is 5.37 Å². The second-order valence-corrected chi connectivity index (χ2v) is 2.68. The average Bonchev–Trinajstić information content (AvgIpc) is 2.04. The number of allylic oxidation sites excluding steroid dienone is 1. The van der Waals surface area contributed by atoms with E-state index in [1.165, 1.54) is 11.1 Å². The van der Waals surface area contributed by atoms with E-state index in [9.17, 15) is 0 Å². The summed E-state index contributed by atoms with van der Waals surface area (Å²) in [7, 11) is 0. The molecule has 1 rings (SSSR count). The van der Waals surface area contributed by atoms with Gasteiger partial charge in [0.1, 0.15) is 0 Å². The molecule has 0 unspecified atom stereocenters. The third kappa shape index (κ3) is 2.64. The number of aryl methyl sites for hydroxylation is 1. The van der Waals surface area contributed by atoms with E-state index in [4.69, 9.17) is 0 Å². The Bertz CT molecular complexity index is 257. The molecule has 0 heterocycles. The molecule has 0 saturated carbocycles. The molecule has 0 spiro atoms. The molecule has 0 N–H and O–H groups in total. The first-order valence-corrected chi connectivity index (χ1v) is 3.98. The summed E-state index contributed by atoms with van der Waals surface area (Å²) in [6.45, 7) is 2.08. The molecule has 56 valence electrons. The number of rotatable bonds is 2. The zero-order chi connectivity index (χ0) is 8.10. The van der Waals surface area contributed by atoms with Crippen molar-refractivity contribution in [2.45, 2.75) is 6.92 Å². The lowest BCUT2D eigenvalue weighted by atomic mass is 10.1. The van der Waals surface area contributed by atoms with Gasteiger partial charge in [-0.2, -0.15) is 0 Å². The summed E-state index contributed by atoms with van der Waals surface area (Å²) in [6, 6.07) is 8.32. The van der Waals surface area contributed by atoms with Crippen LogP contribution in [0.5, 0.6) is 0 Å². The molecule has 1 heteroatoms. The van der Waals surface area contributed by atoms with Crippen LogP contribution in [-0.4, -0.2) is 5.37 Å². The monoisotopic (exact) mass is 162 g/mol. The zero-order valence-electron chi connectivity index (χ0n) is 6.45. The molecular weight excluding hydrogens is 152 g/mol. The van der Waals surface area contributed by atoms with Gasteiger partial charge in [-0.25, -0.2) is 0 Å². The van der Waals surface area contributed by atoms with Crippen molar-refractivity contribution < 1.29 is 0 Å². The van der Waals surface area contributed by atoms with Crippen LogP contribution in [0.2, 0.25) is 0 Å². The van der Waals surface area contributed by atoms with E-state index in [1.54, 1.807) is 5.37 Å². The van der Waals surface area contributed by atoms with Gasteiger partial charge in [-0.3, -0.25) is 0 Å². The van der Waals surface area contributed by atoms with Crippen molar-refractivity contribution in [3.05, 3.63) is 41.5 Å².